The Morgan fingerprint density at radius 3 is 0.977 bits per heavy atom. The molecule has 0 unspecified atom stereocenters. The molecule has 0 nitrogen and oxygen atoms in total. The summed E-state index contributed by atoms with van der Waals surface area (Å²) in [5.74, 6) is 1.90. The number of hydrogen-bond donors (Lipinski definition) is 0. The van der Waals surface area contributed by atoms with Crippen LogP contribution in [0.1, 0.15) is 11.1 Å². The predicted octanol–water partition coefficient (Wildman–Crippen LogP) is 13.6. The Bertz CT molecular complexity index is 1900. The van der Waals surface area contributed by atoms with Crippen molar-refractivity contribution in [2.45, 2.75) is 22.6 Å². The monoisotopic (exact) mass is 686 g/mol. The molecule has 0 aliphatic carbocycles. The molecule has 6 heteroatoms. The second-order valence-corrected chi connectivity index (χ2v) is 14.7. The SMILES string of the molecule is Clc1cc2cc3c(SCCc4ccccc4)c4cc5cc(Cl)c(Cl)cc5cc4c(SCCc4ccccc4)c3cc2cc1Cl. The molecular weight excluding hydrogens is 662 g/mol. The highest BCUT2D eigenvalue weighted by Crippen LogP contribution is 2.46. The van der Waals surface area contributed by atoms with Crippen molar-refractivity contribution in [3.8, 4) is 0 Å². The zero-order valence-electron chi connectivity index (χ0n) is 23.5. The molecule has 0 saturated carbocycles. The Morgan fingerprint density at radius 1 is 0.386 bits per heavy atom. The van der Waals surface area contributed by atoms with E-state index in [1.54, 1.807) is 0 Å². The van der Waals surface area contributed by atoms with Crippen LogP contribution >= 0.6 is 69.9 Å². The summed E-state index contributed by atoms with van der Waals surface area (Å²) < 4.78 is 0. The molecule has 44 heavy (non-hydrogen) atoms. The molecule has 0 aliphatic heterocycles. The molecule has 0 fully saturated rings. The van der Waals surface area contributed by atoms with Crippen LogP contribution in [0, 0.1) is 0 Å². The van der Waals surface area contributed by atoms with Gasteiger partial charge in [-0.1, -0.05) is 107 Å². The summed E-state index contributed by atoms with van der Waals surface area (Å²) in [6.45, 7) is 0. The van der Waals surface area contributed by atoms with Crippen LogP contribution < -0.4 is 0 Å². The molecule has 0 aromatic heterocycles. The van der Waals surface area contributed by atoms with Crippen molar-refractivity contribution in [3.05, 3.63) is 140 Å². The van der Waals surface area contributed by atoms with Gasteiger partial charge in [-0.05, 0) is 116 Å². The molecule has 7 aromatic carbocycles. The highest BCUT2D eigenvalue weighted by Gasteiger charge is 2.18. The first-order valence-electron chi connectivity index (χ1n) is 14.4. The highest BCUT2D eigenvalue weighted by molar-refractivity contribution is 8.00. The number of hydrogen-bond acceptors (Lipinski definition) is 2. The van der Waals surface area contributed by atoms with E-state index in [9.17, 15) is 0 Å². The Kier molecular flexibility index (Phi) is 8.93. The van der Waals surface area contributed by atoms with E-state index in [2.05, 4.69) is 84.9 Å². The van der Waals surface area contributed by atoms with Gasteiger partial charge in [0.05, 0.1) is 20.1 Å². The second kappa shape index (κ2) is 13.0. The Morgan fingerprint density at radius 2 is 0.682 bits per heavy atom. The third kappa shape index (κ3) is 6.14. The zero-order valence-corrected chi connectivity index (χ0v) is 28.2. The predicted molar refractivity (Wildman–Crippen MR) is 198 cm³/mol. The summed E-state index contributed by atoms with van der Waals surface area (Å²) in [7, 11) is 0. The molecule has 0 radical (unpaired) electrons. The molecule has 0 amide bonds. The van der Waals surface area contributed by atoms with Crippen LogP contribution in [0.3, 0.4) is 0 Å². The average Bonchev–Trinajstić information content (AvgIpc) is 3.03. The van der Waals surface area contributed by atoms with E-state index in [4.69, 9.17) is 46.4 Å². The van der Waals surface area contributed by atoms with Crippen molar-refractivity contribution in [1.82, 2.24) is 0 Å². The first kappa shape index (κ1) is 30.1. The van der Waals surface area contributed by atoms with Gasteiger partial charge < -0.3 is 0 Å². The fourth-order valence-electron chi connectivity index (χ4n) is 5.77. The maximum absolute atomic E-state index is 6.51. The lowest BCUT2D eigenvalue weighted by Gasteiger charge is -2.19. The maximum Gasteiger partial charge on any atom is 0.0598 e. The van der Waals surface area contributed by atoms with E-state index < -0.39 is 0 Å². The molecule has 7 aromatic rings. The fraction of sp³-hybridized carbons (Fsp3) is 0.105. The van der Waals surface area contributed by atoms with Gasteiger partial charge in [-0.3, -0.25) is 0 Å². The van der Waals surface area contributed by atoms with E-state index >= 15 is 0 Å². The van der Waals surface area contributed by atoms with Gasteiger partial charge in [-0.2, -0.15) is 0 Å². The highest BCUT2D eigenvalue weighted by atomic mass is 35.5. The quantitative estimate of drug-likeness (QED) is 0.115. The minimum absolute atomic E-state index is 0.563. The van der Waals surface area contributed by atoms with Gasteiger partial charge in [-0.25, -0.2) is 0 Å². The van der Waals surface area contributed by atoms with Crippen LogP contribution in [0.25, 0.3) is 43.1 Å². The third-order valence-electron chi connectivity index (χ3n) is 7.97. The van der Waals surface area contributed by atoms with Gasteiger partial charge in [0.15, 0.2) is 0 Å². The third-order valence-corrected chi connectivity index (χ3v) is 11.7. The first-order chi connectivity index (χ1) is 21.4. The van der Waals surface area contributed by atoms with Crippen molar-refractivity contribution in [3.63, 3.8) is 0 Å². The molecule has 0 spiro atoms. The summed E-state index contributed by atoms with van der Waals surface area (Å²) in [4.78, 5) is 2.53. The lowest BCUT2D eigenvalue weighted by Crippen LogP contribution is -1.94. The van der Waals surface area contributed by atoms with E-state index in [0.29, 0.717) is 20.1 Å². The number of fused-ring (bicyclic) bond motifs is 4. The van der Waals surface area contributed by atoms with Crippen LogP contribution in [-0.2, 0) is 12.8 Å². The van der Waals surface area contributed by atoms with Crippen LogP contribution in [0.15, 0.2) is 119 Å². The molecule has 7 rings (SSSR count). The largest absolute Gasteiger partial charge is 0.125 e. The normalized spacial score (nSPS) is 11.7. The zero-order chi connectivity index (χ0) is 30.2. The minimum Gasteiger partial charge on any atom is -0.125 e. The standard InChI is InChI=1S/C38H26Cl4S2/c39-33-19-25-15-29-31(17-27(25)21-35(33)41)38(44-14-12-24-9-5-2-6-10-24)32-18-28-22-36(42)34(40)20-26(28)16-30(32)37(29)43-13-11-23-7-3-1-4-8-23/h1-10,15-22H,11-14H2. The van der Waals surface area contributed by atoms with Gasteiger partial charge in [0.1, 0.15) is 0 Å². The van der Waals surface area contributed by atoms with E-state index in [-0.39, 0.29) is 0 Å². The summed E-state index contributed by atoms with van der Waals surface area (Å²) >= 11 is 29.9. The summed E-state index contributed by atoms with van der Waals surface area (Å²) in [5.41, 5.74) is 2.67. The number of thioether (sulfide) groups is 2. The van der Waals surface area contributed by atoms with Crippen LogP contribution in [-0.4, -0.2) is 11.5 Å². The number of rotatable bonds is 8. The average molecular weight is 689 g/mol. The van der Waals surface area contributed by atoms with Gasteiger partial charge in [0.25, 0.3) is 0 Å². The number of aryl methyl sites for hydroxylation is 2. The lowest BCUT2D eigenvalue weighted by atomic mass is 9.97. The van der Waals surface area contributed by atoms with Crippen molar-refractivity contribution in [2.75, 3.05) is 11.5 Å². The Hall–Kier alpha value is -2.56. The summed E-state index contributed by atoms with van der Waals surface area (Å²) in [6.07, 6.45) is 1.96. The molecule has 0 bridgehead atoms. The van der Waals surface area contributed by atoms with Gasteiger partial charge in [0, 0.05) is 21.3 Å². The number of halogens is 4. The van der Waals surface area contributed by atoms with Crippen LogP contribution in [0.4, 0.5) is 0 Å². The molecule has 218 valence electrons. The summed E-state index contributed by atoms with van der Waals surface area (Å²) in [5, 5.41) is 11.5. The smallest absolute Gasteiger partial charge is 0.0598 e. The fourth-order valence-corrected chi connectivity index (χ4v) is 8.84. The lowest BCUT2D eigenvalue weighted by molar-refractivity contribution is 1.16. The Labute approximate surface area is 285 Å². The summed E-state index contributed by atoms with van der Waals surface area (Å²) in [6, 6.07) is 38.4. The van der Waals surface area contributed by atoms with Crippen molar-refractivity contribution < 1.29 is 0 Å². The van der Waals surface area contributed by atoms with Crippen molar-refractivity contribution in [1.29, 1.82) is 0 Å². The molecular formula is C38H26Cl4S2. The van der Waals surface area contributed by atoms with Gasteiger partial charge >= 0.3 is 0 Å². The van der Waals surface area contributed by atoms with Crippen molar-refractivity contribution >= 4 is 113 Å². The van der Waals surface area contributed by atoms with Gasteiger partial charge in [-0.15, -0.1) is 23.5 Å². The van der Waals surface area contributed by atoms with E-state index in [1.807, 2.05) is 47.8 Å². The Balaban J connectivity index is 1.46. The molecule has 0 heterocycles. The van der Waals surface area contributed by atoms with Gasteiger partial charge in [0.2, 0.25) is 0 Å². The molecule has 0 N–H and O–H groups in total. The number of benzene rings is 7. The van der Waals surface area contributed by atoms with Crippen LogP contribution in [0.5, 0.6) is 0 Å². The minimum atomic E-state index is 0.563. The van der Waals surface area contributed by atoms with Crippen LogP contribution in [0.2, 0.25) is 20.1 Å². The van der Waals surface area contributed by atoms with E-state index in [0.717, 1.165) is 45.9 Å². The van der Waals surface area contributed by atoms with E-state index in [1.165, 1.54) is 42.5 Å². The first-order valence-corrected chi connectivity index (χ1v) is 17.9. The second-order valence-electron chi connectivity index (χ2n) is 10.8. The molecule has 0 aliphatic rings. The topological polar surface area (TPSA) is 0 Å². The maximum atomic E-state index is 6.51. The molecule has 0 saturated heterocycles. The van der Waals surface area contributed by atoms with Crippen molar-refractivity contribution in [2.24, 2.45) is 0 Å². The molecule has 0 atom stereocenters.